The average Bonchev–Trinajstić information content (AvgIpc) is 2.62. The highest BCUT2D eigenvalue weighted by Gasteiger charge is 2.09. The second kappa shape index (κ2) is 7.44. The summed E-state index contributed by atoms with van der Waals surface area (Å²) in [5.41, 5.74) is 1.42. The summed E-state index contributed by atoms with van der Waals surface area (Å²) < 4.78 is 26.4. The summed E-state index contributed by atoms with van der Waals surface area (Å²) in [5, 5.41) is 18.5. The summed E-state index contributed by atoms with van der Waals surface area (Å²) in [6, 6.07) is 9.70. The second-order valence-electron chi connectivity index (χ2n) is 5.40. The van der Waals surface area contributed by atoms with Crippen LogP contribution in [0.4, 0.5) is 14.6 Å². The molecule has 6 nitrogen and oxygen atoms in total. The van der Waals surface area contributed by atoms with Gasteiger partial charge in [0.25, 0.3) is 5.91 Å². The SMILES string of the molecule is N#Cc1cc(C(=O)Nc2ccc(Cc3cc(F)cc(F)c3)cn2)cnn1. The number of hydrogen-bond acceptors (Lipinski definition) is 5. The molecule has 1 aromatic carbocycles. The maximum absolute atomic E-state index is 13.2. The van der Waals surface area contributed by atoms with Gasteiger partial charge in [-0.2, -0.15) is 10.4 Å². The fourth-order valence-corrected chi connectivity index (χ4v) is 2.29. The number of aromatic nitrogens is 3. The van der Waals surface area contributed by atoms with Crippen LogP contribution in [0.5, 0.6) is 0 Å². The van der Waals surface area contributed by atoms with E-state index in [1.807, 2.05) is 0 Å². The van der Waals surface area contributed by atoms with Crippen LogP contribution in [-0.2, 0) is 6.42 Å². The largest absolute Gasteiger partial charge is 0.307 e. The molecule has 128 valence electrons. The van der Waals surface area contributed by atoms with Crippen LogP contribution in [0.15, 0.2) is 48.8 Å². The zero-order valence-electron chi connectivity index (χ0n) is 13.3. The predicted molar refractivity (Wildman–Crippen MR) is 88.1 cm³/mol. The van der Waals surface area contributed by atoms with Gasteiger partial charge in [0, 0.05) is 12.3 Å². The van der Waals surface area contributed by atoms with Gasteiger partial charge in [-0.3, -0.25) is 4.79 Å². The van der Waals surface area contributed by atoms with Crippen LogP contribution in [0.2, 0.25) is 0 Å². The van der Waals surface area contributed by atoms with E-state index in [1.54, 1.807) is 18.2 Å². The van der Waals surface area contributed by atoms with Gasteiger partial charge >= 0.3 is 0 Å². The van der Waals surface area contributed by atoms with E-state index in [0.717, 1.165) is 11.6 Å². The lowest BCUT2D eigenvalue weighted by Crippen LogP contribution is -2.14. The van der Waals surface area contributed by atoms with Crippen LogP contribution in [-0.4, -0.2) is 21.1 Å². The molecular formula is C18H11F2N5O. The summed E-state index contributed by atoms with van der Waals surface area (Å²) >= 11 is 0. The van der Waals surface area contributed by atoms with E-state index in [1.165, 1.54) is 30.6 Å². The van der Waals surface area contributed by atoms with Gasteiger partial charge in [0.05, 0.1) is 11.8 Å². The van der Waals surface area contributed by atoms with Crippen molar-refractivity contribution in [3.63, 3.8) is 0 Å². The molecule has 0 atom stereocenters. The lowest BCUT2D eigenvalue weighted by atomic mass is 10.1. The Labute approximate surface area is 147 Å². The minimum absolute atomic E-state index is 0.0308. The van der Waals surface area contributed by atoms with Crippen molar-refractivity contribution in [2.75, 3.05) is 5.32 Å². The molecule has 3 aromatic rings. The van der Waals surface area contributed by atoms with Gasteiger partial charge in [0.1, 0.15) is 23.5 Å². The lowest BCUT2D eigenvalue weighted by molar-refractivity contribution is 0.102. The number of anilines is 1. The Kier molecular flexibility index (Phi) is 4.90. The van der Waals surface area contributed by atoms with Crippen LogP contribution >= 0.6 is 0 Å². The highest BCUT2D eigenvalue weighted by molar-refractivity contribution is 6.03. The van der Waals surface area contributed by atoms with Gasteiger partial charge in [-0.1, -0.05) is 6.07 Å². The molecule has 0 saturated carbocycles. The normalized spacial score (nSPS) is 10.2. The van der Waals surface area contributed by atoms with Gasteiger partial charge in [0.2, 0.25) is 0 Å². The topological polar surface area (TPSA) is 91.6 Å². The molecule has 8 heteroatoms. The number of nitrogens with one attached hydrogen (secondary N) is 1. The molecule has 0 aliphatic carbocycles. The summed E-state index contributed by atoms with van der Waals surface area (Å²) in [7, 11) is 0. The molecule has 26 heavy (non-hydrogen) atoms. The van der Waals surface area contributed by atoms with E-state index in [-0.39, 0.29) is 11.3 Å². The Morgan fingerprint density at radius 2 is 1.85 bits per heavy atom. The first-order chi connectivity index (χ1) is 12.5. The first-order valence-corrected chi connectivity index (χ1v) is 7.47. The molecule has 0 bridgehead atoms. The maximum Gasteiger partial charge on any atom is 0.258 e. The van der Waals surface area contributed by atoms with E-state index < -0.39 is 17.5 Å². The highest BCUT2D eigenvalue weighted by Crippen LogP contribution is 2.14. The molecule has 3 rings (SSSR count). The fourth-order valence-electron chi connectivity index (χ4n) is 2.29. The Morgan fingerprint density at radius 1 is 1.08 bits per heavy atom. The van der Waals surface area contributed by atoms with Crippen molar-refractivity contribution < 1.29 is 13.6 Å². The maximum atomic E-state index is 13.2. The van der Waals surface area contributed by atoms with Crippen molar-refractivity contribution in [2.45, 2.75) is 6.42 Å². The Balaban J connectivity index is 1.69. The number of hydrogen-bond donors (Lipinski definition) is 1. The van der Waals surface area contributed by atoms with Gasteiger partial charge in [-0.15, -0.1) is 5.10 Å². The van der Waals surface area contributed by atoms with Gasteiger partial charge in [-0.25, -0.2) is 13.8 Å². The van der Waals surface area contributed by atoms with Crippen LogP contribution in [0.25, 0.3) is 0 Å². The van der Waals surface area contributed by atoms with Crippen molar-refractivity contribution in [1.29, 1.82) is 5.26 Å². The van der Waals surface area contributed by atoms with Crippen molar-refractivity contribution in [3.8, 4) is 6.07 Å². The molecular weight excluding hydrogens is 340 g/mol. The van der Waals surface area contributed by atoms with Gasteiger partial charge in [0.15, 0.2) is 5.69 Å². The van der Waals surface area contributed by atoms with Crippen LogP contribution in [0, 0.1) is 23.0 Å². The Hall–Kier alpha value is -3.73. The lowest BCUT2D eigenvalue weighted by Gasteiger charge is -2.06. The number of amides is 1. The standard InChI is InChI=1S/C18H11F2N5O/c19-14-4-12(5-15(20)7-14)3-11-1-2-17(22-9-11)24-18(26)13-6-16(8-21)25-23-10-13/h1-2,4-7,9-10H,3H2,(H,22,24,26). The number of carbonyl (C=O) groups is 1. The molecule has 0 fully saturated rings. The van der Waals surface area contributed by atoms with E-state index >= 15 is 0 Å². The van der Waals surface area contributed by atoms with Crippen LogP contribution in [0.3, 0.4) is 0 Å². The first-order valence-electron chi connectivity index (χ1n) is 7.47. The smallest absolute Gasteiger partial charge is 0.258 e. The molecule has 0 unspecified atom stereocenters. The number of halogens is 2. The molecule has 0 spiro atoms. The van der Waals surface area contributed by atoms with E-state index in [4.69, 9.17) is 5.26 Å². The van der Waals surface area contributed by atoms with E-state index in [0.29, 0.717) is 17.8 Å². The number of pyridine rings is 1. The molecule has 2 aromatic heterocycles. The van der Waals surface area contributed by atoms with Gasteiger partial charge in [-0.05, 0) is 41.8 Å². The second-order valence-corrected chi connectivity index (χ2v) is 5.40. The summed E-state index contributed by atoms with van der Waals surface area (Å²) in [6.07, 6.45) is 3.04. The summed E-state index contributed by atoms with van der Waals surface area (Å²) in [6.45, 7) is 0. The summed E-state index contributed by atoms with van der Waals surface area (Å²) in [4.78, 5) is 16.2. The Bertz CT molecular complexity index is 979. The molecule has 1 N–H and O–H groups in total. The monoisotopic (exact) mass is 351 g/mol. The molecule has 0 saturated heterocycles. The molecule has 0 aliphatic heterocycles. The fraction of sp³-hybridized carbons (Fsp3) is 0.0556. The third-order valence-corrected chi connectivity index (χ3v) is 3.43. The first kappa shape index (κ1) is 17.1. The van der Waals surface area contributed by atoms with Crippen molar-refractivity contribution in [2.24, 2.45) is 0 Å². The average molecular weight is 351 g/mol. The quantitative estimate of drug-likeness (QED) is 0.780. The minimum atomic E-state index is -0.639. The minimum Gasteiger partial charge on any atom is -0.307 e. The molecule has 1 amide bonds. The van der Waals surface area contributed by atoms with Crippen LogP contribution in [0.1, 0.15) is 27.2 Å². The molecule has 2 heterocycles. The molecule has 0 aliphatic rings. The van der Waals surface area contributed by atoms with Crippen molar-refractivity contribution in [3.05, 3.63) is 82.8 Å². The van der Waals surface area contributed by atoms with Gasteiger partial charge < -0.3 is 5.32 Å². The predicted octanol–water partition coefficient (Wildman–Crippen LogP) is 2.86. The number of nitriles is 1. The Morgan fingerprint density at radius 3 is 2.50 bits per heavy atom. The number of rotatable bonds is 4. The third-order valence-electron chi connectivity index (χ3n) is 3.43. The third kappa shape index (κ3) is 4.21. The number of benzene rings is 1. The zero-order valence-corrected chi connectivity index (χ0v) is 13.3. The van der Waals surface area contributed by atoms with Crippen LogP contribution < -0.4 is 5.32 Å². The molecule has 0 radical (unpaired) electrons. The summed E-state index contributed by atoms with van der Waals surface area (Å²) in [5.74, 6) is -1.47. The zero-order chi connectivity index (χ0) is 18.5. The highest BCUT2D eigenvalue weighted by atomic mass is 19.1. The van der Waals surface area contributed by atoms with E-state index in [2.05, 4.69) is 20.5 Å². The number of nitrogens with zero attached hydrogens (tertiary/aromatic N) is 4. The van der Waals surface area contributed by atoms with Crippen molar-refractivity contribution in [1.82, 2.24) is 15.2 Å². The number of carbonyl (C=O) groups excluding carboxylic acids is 1. The van der Waals surface area contributed by atoms with Crippen molar-refractivity contribution >= 4 is 11.7 Å². The van der Waals surface area contributed by atoms with E-state index in [9.17, 15) is 13.6 Å².